The van der Waals surface area contributed by atoms with Gasteiger partial charge in [0.15, 0.2) is 0 Å². The molecule has 1 aromatic rings. The molecule has 6 N–H and O–H groups in total. The average molecular weight is 435 g/mol. The van der Waals surface area contributed by atoms with Crippen LogP contribution < -0.4 is 21.3 Å². The Hall–Kier alpha value is -2.65. The van der Waals surface area contributed by atoms with E-state index in [0.717, 1.165) is 0 Å². The number of fused-ring (bicyclic) bond motifs is 1. The van der Waals surface area contributed by atoms with Crippen molar-refractivity contribution < 1.29 is 24.6 Å². The summed E-state index contributed by atoms with van der Waals surface area (Å²) < 4.78 is 0. The van der Waals surface area contributed by atoms with Gasteiger partial charge in [-0.2, -0.15) is 0 Å². The van der Waals surface area contributed by atoms with Gasteiger partial charge in [0, 0.05) is 19.5 Å². The van der Waals surface area contributed by atoms with Gasteiger partial charge in [0.1, 0.15) is 6.04 Å². The molecule has 1 aliphatic rings. The molecule has 0 bridgehead atoms. The van der Waals surface area contributed by atoms with Crippen LogP contribution in [0.2, 0.25) is 0 Å². The molecule has 0 spiro atoms. The van der Waals surface area contributed by atoms with E-state index in [1.807, 2.05) is 38.1 Å². The van der Waals surface area contributed by atoms with Crippen molar-refractivity contribution in [3.05, 3.63) is 24.3 Å². The normalized spacial score (nSPS) is 18.9. The van der Waals surface area contributed by atoms with Crippen molar-refractivity contribution in [1.29, 1.82) is 0 Å². The SMILES string of the molecule is CNC(=O)[C@H]1CN(C(=O)CC(C)(C)C[C@H](N)[C@@H](O)C[C@@H](C)C(=O)O)c2ccccc2N1. The fraction of sp³-hybridized carbons (Fsp3) is 0.591. The van der Waals surface area contributed by atoms with E-state index in [0.29, 0.717) is 17.8 Å². The van der Waals surface area contributed by atoms with Crippen LogP contribution in [0.1, 0.15) is 40.0 Å². The Bertz CT molecular complexity index is 813. The highest BCUT2D eigenvalue weighted by Crippen LogP contribution is 2.34. The number of aliphatic hydroxyl groups excluding tert-OH is 1. The Morgan fingerprint density at radius 2 is 1.97 bits per heavy atom. The van der Waals surface area contributed by atoms with Crippen LogP contribution in [0.4, 0.5) is 11.4 Å². The maximum Gasteiger partial charge on any atom is 0.306 e. The van der Waals surface area contributed by atoms with Gasteiger partial charge < -0.3 is 31.5 Å². The summed E-state index contributed by atoms with van der Waals surface area (Å²) in [6.45, 7) is 5.51. The van der Waals surface area contributed by atoms with Crippen molar-refractivity contribution in [3.63, 3.8) is 0 Å². The maximum absolute atomic E-state index is 13.2. The van der Waals surface area contributed by atoms with Crippen molar-refractivity contribution in [2.45, 2.75) is 58.2 Å². The van der Waals surface area contributed by atoms with Gasteiger partial charge in [0.25, 0.3) is 0 Å². The Labute approximate surface area is 183 Å². The monoisotopic (exact) mass is 434 g/mol. The molecule has 9 nitrogen and oxygen atoms in total. The quantitative estimate of drug-likeness (QED) is 0.392. The second-order valence-corrected chi connectivity index (χ2v) is 9.08. The summed E-state index contributed by atoms with van der Waals surface area (Å²) in [5.74, 6) is -2.04. The zero-order valence-corrected chi connectivity index (χ0v) is 18.6. The largest absolute Gasteiger partial charge is 0.481 e. The Balaban J connectivity index is 2.09. The van der Waals surface area contributed by atoms with Gasteiger partial charge in [-0.25, -0.2) is 0 Å². The molecule has 1 heterocycles. The number of amides is 2. The number of benzene rings is 1. The summed E-state index contributed by atoms with van der Waals surface area (Å²) in [4.78, 5) is 38.1. The Morgan fingerprint density at radius 3 is 2.58 bits per heavy atom. The molecule has 0 fully saturated rings. The molecule has 9 heteroatoms. The minimum absolute atomic E-state index is 0.0551. The number of nitrogens with zero attached hydrogens (tertiary/aromatic N) is 1. The van der Waals surface area contributed by atoms with Crippen molar-refractivity contribution >= 4 is 29.2 Å². The van der Waals surface area contributed by atoms with Crippen molar-refractivity contribution in [3.8, 4) is 0 Å². The first-order valence-electron chi connectivity index (χ1n) is 10.5. The number of anilines is 2. The number of rotatable bonds is 9. The lowest BCUT2D eigenvalue weighted by molar-refractivity contribution is -0.142. The minimum Gasteiger partial charge on any atom is -0.481 e. The van der Waals surface area contributed by atoms with Crippen LogP contribution in [0.3, 0.4) is 0 Å². The van der Waals surface area contributed by atoms with E-state index in [1.54, 1.807) is 11.9 Å². The standard InChI is InChI=1S/C22H34N4O5/c1-13(21(30)31)9-18(27)14(23)10-22(2,3)11-19(28)26-12-16(20(29)24-4)25-15-7-5-6-8-17(15)26/h5-8,13-14,16,18,25,27H,9-12,23H2,1-4H3,(H,24,29)(H,30,31)/t13-,14+,16-,18+/m1/s1. The number of carboxylic acids is 1. The summed E-state index contributed by atoms with van der Waals surface area (Å²) in [5.41, 5.74) is 7.02. The van der Waals surface area contributed by atoms with Crippen molar-refractivity contribution in [2.24, 2.45) is 17.1 Å². The fourth-order valence-corrected chi connectivity index (χ4v) is 3.89. The molecule has 1 aliphatic heterocycles. The summed E-state index contributed by atoms with van der Waals surface area (Å²) in [6.07, 6.45) is -0.410. The lowest BCUT2D eigenvalue weighted by Crippen LogP contribution is -2.52. The summed E-state index contributed by atoms with van der Waals surface area (Å²) in [6, 6.07) is 6.11. The number of likely N-dealkylation sites (N-methyl/N-ethyl adjacent to an activating group) is 1. The van der Waals surface area contributed by atoms with E-state index in [2.05, 4.69) is 10.6 Å². The second-order valence-electron chi connectivity index (χ2n) is 9.08. The Morgan fingerprint density at radius 1 is 1.32 bits per heavy atom. The summed E-state index contributed by atoms with van der Waals surface area (Å²) in [5, 5.41) is 25.1. The molecule has 0 saturated heterocycles. The molecule has 0 radical (unpaired) electrons. The first kappa shape index (κ1) is 24.6. The fourth-order valence-electron chi connectivity index (χ4n) is 3.89. The van der Waals surface area contributed by atoms with Crippen LogP contribution in [0.5, 0.6) is 0 Å². The predicted molar refractivity (Wildman–Crippen MR) is 119 cm³/mol. The van der Waals surface area contributed by atoms with Crippen molar-refractivity contribution in [1.82, 2.24) is 5.32 Å². The minimum atomic E-state index is -0.983. The maximum atomic E-state index is 13.2. The highest BCUT2D eigenvalue weighted by molar-refractivity contribution is 6.01. The van der Waals surface area contributed by atoms with Gasteiger partial charge in [-0.05, 0) is 30.4 Å². The Kier molecular flexibility index (Phi) is 8.02. The lowest BCUT2D eigenvalue weighted by Gasteiger charge is -2.37. The third kappa shape index (κ3) is 6.41. The number of nitrogens with one attached hydrogen (secondary N) is 2. The molecule has 2 rings (SSSR count). The average Bonchev–Trinajstić information content (AvgIpc) is 2.71. The third-order valence-corrected chi connectivity index (χ3v) is 5.68. The number of aliphatic hydroxyl groups is 1. The van der Waals surface area contributed by atoms with Gasteiger partial charge >= 0.3 is 5.97 Å². The van der Waals surface area contributed by atoms with Crippen LogP contribution in [0.25, 0.3) is 0 Å². The van der Waals surface area contributed by atoms with Gasteiger partial charge in [-0.15, -0.1) is 0 Å². The van der Waals surface area contributed by atoms with E-state index in [1.165, 1.54) is 6.92 Å². The molecule has 0 unspecified atom stereocenters. The first-order chi connectivity index (χ1) is 14.4. The number of carbonyl (C=O) groups excluding carboxylic acids is 2. The zero-order chi connectivity index (χ0) is 23.3. The van der Waals surface area contributed by atoms with E-state index in [4.69, 9.17) is 10.8 Å². The van der Waals surface area contributed by atoms with Gasteiger partial charge in [0.2, 0.25) is 11.8 Å². The molecule has 1 aromatic carbocycles. The molecular formula is C22H34N4O5. The molecule has 0 saturated carbocycles. The van der Waals surface area contributed by atoms with Gasteiger partial charge in [0.05, 0.1) is 29.9 Å². The van der Waals surface area contributed by atoms with Crippen LogP contribution in [0, 0.1) is 11.3 Å². The zero-order valence-electron chi connectivity index (χ0n) is 18.6. The van der Waals surface area contributed by atoms with E-state index >= 15 is 0 Å². The molecular weight excluding hydrogens is 400 g/mol. The van der Waals surface area contributed by atoms with Crippen molar-refractivity contribution in [2.75, 3.05) is 23.8 Å². The van der Waals surface area contributed by atoms with Gasteiger partial charge in [-0.3, -0.25) is 14.4 Å². The molecule has 0 aromatic heterocycles. The van der Waals surface area contributed by atoms with Crippen LogP contribution in [-0.2, 0) is 14.4 Å². The third-order valence-electron chi connectivity index (χ3n) is 5.68. The number of nitrogens with two attached hydrogens (primary N) is 1. The van der Waals surface area contributed by atoms with Crippen LogP contribution >= 0.6 is 0 Å². The number of carboxylic acid groups (broad SMARTS) is 1. The topological polar surface area (TPSA) is 145 Å². The summed E-state index contributed by atoms with van der Waals surface area (Å²) >= 11 is 0. The molecule has 172 valence electrons. The summed E-state index contributed by atoms with van der Waals surface area (Å²) in [7, 11) is 1.55. The molecule has 4 atom stereocenters. The molecule has 0 aliphatic carbocycles. The number of hydrogen-bond acceptors (Lipinski definition) is 6. The smallest absolute Gasteiger partial charge is 0.306 e. The van der Waals surface area contributed by atoms with Gasteiger partial charge in [-0.1, -0.05) is 32.9 Å². The van der Waals surface area contributed by atoms with Crippen LogP contribution in [-0.4, -0.2) is 59.8 Å². The highest BCUT2D eigenvalue weighted by Gasteiger charge is 2.35. The highest BCUT2D eigenvalue weighted by atomic mass is 16.4. The lowest BCUT2D eigenvalue weighted by atomic mass is 9.80. The number of carbonyl (C=O) groups is 3. The van der Waals surface area contributed by atoms with E-state index < -0.39 is 35.5 Å². The number of hydrogen-bond donors (Lipinski definition) is 5. The van der Waals surface area contributed by atoms with E-state index in [-0.39, 0.29) is 31.2 Å². The number of aliphatic carboxylic acids is 1. The van der Waals surface area contributed by atoms with Crippen LogP contribution in [0.15, 0.2) is 24.3 Å². The van der Waals surface area contributed by atoms with E-state index in [9.17, 15) is 19.5 Å². The molecule has 31 heavy (non-hydrogen) atoms. The second kappa shape index (κ2) is 10.1. The predicted octanol–water partition coefficient (Wildman–Crippen LogP) is 1.17. The first-order valence-corrected chi connectivity index (χ1v) is 10.5. The molecule has 2 amide bonds. The number of para-hydroxylation sites is 2.